The van der Waals surface area contributed by atoms with Crippen LogP contribution < -0.4 is 10.9 Å². The van der Waals surface area contributed by atoms with Crippen LogP contribution in [-0.4, -0.2) is 30.7 Å². The summed E-state index contributed by atoms with van der Waals surface area (Å²) < 4.78 is 29.8. The molecular formula is C28H27ClF2N6O. The van der Waals surface area contributed by atoms with Gasteiger partial charge >= 0.3 is 0 Å². The number of anilines is 1. The molecule has 5 rings (SSSR count). The number of alkyl halides is 2. The molecule has 1 atom stereocenters. The number of rotatable bonds is 7. The molecule has 1 aromatic carbocycles. The van der Waals surface area contributed by atoms with Crippen molar-refractivity contribution in [3.05, 3.63) is 81.1 Å². The van der Waals surface area contributed by atoms with Gasteiger partial charge < -0.3 is 5.32 Å². The highest BCUT2D eigenvalue weighted by atomic mass is 35.5. The third-order valence-corrected chi connectivity index (χ3v) is 6.83. The molecule has 0 saturated carbocycles. The van der Waals surface area contributed by atoms with Crippen LogP contribution in [0.2, 0.25) is 5.15 Å². The maximum atomic E-state index is 13.6. The van der Waals surface area contributed by atoms with Crippen LogP contribution in [0.4, 0.5) is 14.5 Å². The fourth-order valence-electron chi connectivity index (χ4n) is 5.02. The van der Waals surface area contributed by atoms with E-state index in [1.807, 2.05) is 52.0 Å². The summed E-state index contributed by atoms with van der Waals surface area (Å²) in [5.74, 6) is 0. The largest absolute Gasteiger partial charge is 0.377 e. The lowest BCUT2D eigenvalue weighted by Gasteiger charge is -2.22. The number of fused-ring (bicyclic) bond motifs is 3. The molecule has 0 amide bonds. The first-order valence-corrected chi connectivity index (χ1v) is 12.7. The molecule has 1 unspecified atom stereocenters. The minimum atomic E-state index is -2.67. The first kappa shape index (κ1) is 25.8. The normalized spacial score (nSPS) is 12.5. The van der Waals surface area contributed by atoms with Crippen LogP contribution in [0, 0.1) is 13.8 Å². The van der Waals surface area contributed by atoms with Crippen LogP contribution in [0.15, 0.2) is 53.6 Å². The van der Waals surface area contributed by atoms with Crippen LogP contribution in [0.3, 0.4) is 0 Å². The number of benzene rings is 1. The zero-order valence-corrected chi connectivity index (χ0v) is 22.2. The molecule has 0 fully saturated rings. The van der Waals surface area contributed by atoms with Gasteiger partial charge in [-0.3, -0.25) is 14.3 Å². The highest BCUT2D eigenvalue weighted by Gasteiger charge is 2.22. The molecule has 0 aliphatic rings. The van der Waals surface area contributed by atoms with Crippen molar-refractivity contribution < 1.29 is 8.78 Å². The summed E-state index contributed by atoms with van der Waals surface area (Å²) in [4.78, 5) is 22.4. The zero-order valence-electron chi connectivity index (χ0n) is 21.5. The Hall–Kier alpha value is -3.85. The number of hydrogen-bond donors (Lipinski definition) is 1. The van der Waals surface area contributed by atoms with Crippen LogP contribution in [0.25, 0.3) is 33.1 Å². The lowest BCUT2D eigenvalue weighted by atomic mass is 9.95. The summed E-state index contributed by atoms with van der Waals surface area (Å²) in [7, 11) is 0. The topological polar surface area (TPSA) is 77.6 Å². The van der Waals surface area contributed by atoms with E-state index in [-0.39, 0.29) is 6.04 Å². The second-order valence-electron chi connectivity index (χ2n) is 9.36. The summed E-state index contributed by atoms with van der Waals surface area (Å²) in [6.45, 7) is 7.40. The molecular weight excluding hydrogens is 510 g/mol. The highest BCUT2D eigenvalue weighted by Crippen LogP contribution is 2.35. The number of nitrogens with zero attached hydrogens (tertiary/aromatic N) is 5. The number of nitrogens with one attached hydrogen (secondary N) is 1. The van der Waals surface area contributed by atoms with Gasteiger partial charge in [0.25, 0.3) is 12.0 Å². The number of pyridine rings is 3. The van der Waals surface area contributed by atoms with E-state index in [4.69, 9.17) is 11.6 Å². The van der Waals surface area contributed by atoms with Crippen molar-refractivity contribution >= 4 is 39.1 Å². The van der Waals surface area contributed by atoms with E-state index in [9.17, 15) is 13.6 Å². The lowest BCUT2D eigenvalue weighted by Crippen LogP contribution is -2.26. The van der Waals surface area contributed by atoms with E-state index in [1.54, 1.807) is 29.2 Å². The minimum absolute atomic E-state index is 0.277. The molecule has 196 valence electrons. The fourth-order valence-corrected chi connectivity index (χ4v) is 5.17. The van der Waals surface area contributed by atoms with Crippen molar-refractivity contribution in [1.82, 2.24) is 24.3 Å². The Morgan fingerprint density at radius 3 is 2.61 bits per heavy atom. The van der Waals surface area contributed by atoms with Crippen LogP contribution in [0.5, 0.6) is 0 Å². The monoisotopic (exact) mass is 536 g/mol. The standard InChI is InChI=1S/C28H27ClF2N6O/c1-5-37-27-21(13-33-37)25-19(10-15(2)11-20(25)28(38)36(27)14-24(30)31)17(4)34-22-6-7-23(29)35-26(22)18-8-9-32-16(3)12-18/h6-13,17,24,34H,5,14H2,1-4H3. The Morgan fingerprint density at radius 2 is 1.89 bits per heavy atom. The first-order chi connectivity index (χ1) is 18.2. The Morgan fingerprint density at radius 1 is 1.11 bits per heavy atom. The molecule has 1 N–H and O–H groups in total. The first-order valence-electron chi connectivity index (χ1n) is 12.3. The molecule has 0 saturated heterocycles. The van der Waals surface area contributed by atoms with Gasteiger partial charge in [-0.1, -0.05) is 17.7 Å². The Kier molecular flexibility index (Phi) is 6.88. The quantitative estimate of drug-likeness (QED) is 0.239. The third-order valence-electron chi connectivity index (χ3n) is 6.62. The van der Waals surface area contributed by atoms with Gasteiger partial charge in [-0.15, -0.1) is 0 Å². The third kappa shape index (κ3) is 4.62. The van der Waals surface area contributed by atoms with E-state index < -0.39 is 18.5 Å². The number of aryl methyl sites for hydroxylation is 3. The molecule has 0 aliphatic heterocycles. The fraction of sp³-hybridized carbons (Fsp3) is 0.286. The van der Waals surface area contributed by atoms with Gasteiger partial charge in [-0.05, 0) is 69.2 Å². The van der Waals surface area contributed by atoms with E-state index in [0.717, 1.165) is 32.6 Å². The molecule has 10 heteroatoms. The van der Waals surface area contributed by atoms with E-state index in [0.29, 0.717) is 39.2 Å². The lowest BCUT2D eigenvalue weighted by molar-refractivity contribution is 0.126. The number of halogens is 3. The summed E-state index contributed by atoms with van der Waals surface area (Å²) in [6.07, 6.45) is 0.704. The summed E-state index contributed by atoms with van der Waals surface area (Å²) in [6, 6.07) is 10.9. The van der Waals surface area contributed by atoms with Crippen molar-refractivity contribution in [1.29, 1.82) is 0 Å². The van der Waals surface area contributed by atoms with Crippen LogP contribution in [0.1, 0.15) is 36.7 Å². The highest BCUT2D eigenvalue weighted by molar-refractivity contribution is 6.29. The molecule has 0 bridgehead atoms. The SMILES string of the molecule is CCn1ncc2c3c(C(C)Nc4ccc(Cl)nc4-c4ccnc(C)c4)cc(C)cc3c(=O)n(CC(F)F)c21. The summed E-state index contributed by atoms with van der Waals surface area (Å²) >= 11 is 6.25. The molecule has 4 aromatic heterocycles. The van der Waals surface area contributed by atoms with Crippen molar-refractivity contribution in [3.63, 3.8) is 0 Å². The van der Waals surface area contributed by atoms with Crippen molar-refractivity contribution in [3.8, 4) is 11.3 Å². The van der Waals surface area contributed by atoms with Gasteiger partial charge in [0.1, 0.15) is 10.8 Å². The minimum Gasteiger partial charge on any atom is -0.377 e. The second kappa shape index (κ2) is 10.1. The van der Waals surface area contributed by atoms with Crippen molar-refractivity contribution in [2.24, 2.45) is 0 Å². The zero-order chi connectivity index (χ0) is 27.1. The smallest absolute Gasteiger partial charge is 0.260 e. The van der Waals surface area contributed by atoms with Gasteiger partial charge in [0.2, 0.25) is 0 Å². The summed E-state index contributed by atoms with van der Waals surface area (Å²) in [5.41, 5.74) is 4.79. The molecule has 0 radical (unpaired) electrons. The van der Waals surface area contributed by atoms with E-state index in [1.165, 1.54) is 0 Å². The van der Waals surface area contributed by atoms with E-state index >= 15 is 0 Å². The predicted octanol–water partition coefficient (Wildman–Crippen LogP) is 6.54. The van der Waals surface area contributed by atoms with E-state index in [2.05, 4.69) is 20.4 Å². The van der Waals surface area contributed by atoms with Gasteiger partial charge in [0.05, 0.1) is 24.1 Å². The predicted molar refractivity (Wildman–Crippen MR) is 147 cm³/mol. The molecule has 0 spiro atoms. The number of hydrogen-bond acceptors (Lipinski definition) is 5. The summed E-state index contributed by atoms with van der Waals surface area (Å²) in [5, 5.41) is 10.1. The Labute approximate surface area is 223 Å². The van der Waals surface area contributed by atoms with Crippen molar-refractivity contribution in [2.45, 2.75) is 53.3 Å². The van der Waals surface area contributed by atoms with Gasteiger partial charge in [0, 0.05) is 46.2 Å². The van der Waals surface area contributed by atoms with Crippen molar-refractivity contribution in [2.75, 3.05) is 5.32 Å². The Bertz CT molecular complexity index is 1730. The van der Waals surface area contributed by atoms with Gasteiger partial charge in [0.15, 0.2) is 0 Å². The average molecular weight is 537 g/mol. The maximum Gasteiger partial charge on any atom is 0.260 e. The maximum absolute atomic E-state index is 13.6. The Balaban J connectivity index is 1.71. The van der Waals surface area contributed by atoms with Gasteiger partial charge in [-0.25, -0.2) is 18.4 Å². The molecule has 5 aromatic rings. The molecule has 4 heterocycles. The molecule has 7 nitrogen and oxygen atoms in total. The second-order valence-corrected chi connectivity index (χ2v) is 9.75. The van der Waals surface area contributed by atoms with Crippen LogP contribution in [-0.2, 0) is 13.1 Å². The van der Waals surface area contributed by atoms with Gasteiger partial charge in [-0.2, -0.15) is 5.10 Å². The molecule has 0 aliphatic carbocycles. The molecule has 38 heavy (non-hydrogen) atoms. The van der Waals surface area contributed by atoms with Crippen LogP contribution >= 0.6 is 11.6 Å². The number of aromatic nitrogens is 5. The average Bonchev–Trinajstić information content (AvgIpc) is 3.30.